The maximum Gasteiger partial charge on any atom is 0.232 e. The van der Waals surface area contributed by atoms with Gasteiger partial charge in [0.15, 0.2) is 17.3 Å². The monoisotopic (exact) mass is 428 g/mol. The molecule has 32 heavy (non-hydrogen) atoms. The van der Waals surface area contributed by atoms with Crippen LogP contribution >= 0.6 is 0 Å². The molecule has 160 valence electrons. The van der Waals surface area contributed by atoms with Crippen LogP contribution in [0.3, 0.4) is 0 Å². The van der Waals surface area contributed by atoms with Crippen molar-refractivity contribution in [1.29, 1.82) is 0 Å². The van der Waals surface area contributed by atoms with Crippen molar-refractivity contribution in [2.45, 2.75) is 20.0 Å². The normalized spacial score (nSPS) is 17.7. The summed E-state index contributed by atoms with van der Waals surface area (Å²) < 4.78 is 23.0. The lowest BCUT2D eigenvalue weighted by atomic mass is 9.98. The van der Waals surface area contributed by atoms with Crippen molar-refractivity contribution in [3.05, 3.63) is 82.4 Å². The summed E-state index contributed by atoms with van der Waals surface area (Å²) in [5.41, 5.74) is 4.31. The lowest BCUT2D eigenvalue weighted by molar-refractivity contribution is 0.0872. The van der Waals surface area contributed by atoms with Crippen molar-refractivity contribution >= 4 is 11.9 Å². The van der Waals surface area contributed by atoms with Gasteiger partial charge in [-0.15, -0.1) is 0 Å². The highest BCUT2D eigenvalue weighted by Crippen LogP contribution is 2.44. The van der Waals surface area contributed by atoms with Gasteiger partial charge >= 0.3 is 0 Å². The number of benzene rings is 2. The average molecular weight is 428 g/mol. The van der Waals surface area contributed by atoms with Gasteiger partial charge in [0.05, 0.1) is 11.1 Å². The second kappa shape index (κ2) is 7.39. The second-order valence-corrected chi connectivity index (χ2v) is 8.04. The summed E-state index contributed by atoms with van der Waals surface area (Å²) in [5.74, 6) is 2.90. The second-order valence-electron chi connectivity index (χ2n) is 8.04. The summed E-state index contributed by atoms with van der Waals surface area (Å²) in [6.07, 6.45) is 5.31. The fourth-order valence-corrected chi connectivity index (χ4v) is 4.28. The standard InChI is InChI=1S/C25H20N2O5/c1-15-8-20-18(12-27(13-29-20)11-16-4-6-26-7-5-16)25-23(15)24(28)22(32-25)10-17-2-3-19-21(9-17)31-14-30-19/h2-10H,11-14H2,1H3/b22-10-. The van der Waals surface area contributed by atoms with Crippen LogP contribution in [-0.4, -0.2) is 29.2 Å². The molecule has 3 aliphatic rings. The van der Waals surface area contributed by atoms with Crippen molar-refractivity contribution < 1.29 is 23.7 Å². The molecule has 0 fully saturated rings. The van der Waals surface area contributed by atoms with E-state index >= 15 is 0 Å². The predicted octanol–water partition coefficient (Wildman–Crippen LogP) is 4.09. The zero-order chi connectivity index (χ0) is 21.7. The Hall–Kier alpha value is -3.84. The van der Waals surface area contributed by atoms with Gasteiger partial charge in [-0.05, 0) is 60.0 Å². The highest BCUT2D eigenvalue weighted by Gasteiger charge is 2.35. The van der Waals surface area contributed by atoms with E-state index in [2.05, 4.69) is 9.88 Å². The molecular formula is C25H20N2O5. The van der Waals surface area contributed by atoms with Gasteiger partial charge in [0.1, 0.15) is 18.2 Å². The van der Waals surface area contributed by atoms with E-state index in [1.54, 1.807) is 18.5 Å². The minimum atomic E-state index is -0.121. The molecule has 0 amide bonds. The molecule has 7 nitrogen and oxygen atoms in total. The number of carbonyl (C=O) groups is 1. The molecule has 2 aromatic carbocycles. The molecule has 7 heteroatoms. The highest BCUT2D eigenvalue weighted by atomic mass is 16.7. The van der Waals surface area contributed by atoms with Gasteiger partial charge in [-0.2, -0.15) is 0 Å². The molecule has 1 aromatic heterocycles. The van der Waals surface area contributed by atoms with Crippen molar-refractivity contribution in [1.82, 2.24) is 9.88 Å². The Morgan fingerprint density at radius 2 is 1.88 bits per heavy atom. The number of hydrogen-bond donors (Lipinski definition) is 0. The van der Waals surface area contributed by atoms with E-state index in [4.69, 9.17) is 18.9 Å². The van der Waals surface area contributed by atoms with Gasteiger partial charge in [0.25, 0.3) is 0 Å². The van der Waals surface area contributed by atoms with Crippen LogP contribution in [0.1, 0.15) is 32.6 Å². The summed E-state index contributed by atoms with van der Waals surface area (Å²) in [5, 5.41) is 0. The number of ketones is 1. The zero-order valence-electron chi connectivity index (χ0n) is 17.5. The number of rotatable bonds is 3. The zero-order valence-corrected chi connectivity index (χ0v) is 17.5. The van der Waals surface area contributed by atoms with Crippen LogP contribution in [0, 0.1) is 6.92 Å². The molecule has 6 rings (SSSR count). The first-order valence-electron chi connectivity index (χ1n) is 10.4. The molecule has 0 aliphatic carbocycles. The summed E-state index contributed by atoms with van der Waals surface area (Å²) in [6, 6.07) is 11.5. The third-order valence-electron chi connectivity index (χ3n) is 5.84. The Balaban J connectivity index is 1.32. The molecule has 0 N–H and O–H groups in total. The smallest absolute Gasteiger partial charge is 0.232 e. The van der Waals surface area contributed by atoms with E-state index in [9.17, 15) is 4.79 Å². The number of allylic oxidation sites excluding steroid dienone is 1. The van der Waals surface area contributed by atoms with Gasteiger partial charge < -0.3 is 18.9 Å². The molecular weight excluding hydrogens is 408 g/mol. The third-order valence-corrected chi connectivity index (χ3v) is 5.84. The topological polar surface area (TPSA) is 70.1 Å². The summed E-state index contributed by atoms with van der Waals surface area (Å²) in [7, 11) is 0. The van der Waals surface area contributed by atoms with Crippen LogP contribution in [0.15, 0.2) is 54.6 Å². The Bertz CT molecular complexity index is 1270. The number of aromatic nitrogens is 1. The van der Waals surface area contributed by atoms with E-state index in [1.807, 2.05) is 43.3 Å². The minimum Gasteiger partial charge on any atom is -0.478 e. The van der Waals surface area contributed by atoms with Gasteiger partial charge in [0.2, 0.25) is 12.6 Å². The van der Waals surface area contributed by atoms with E-state index in [1.165, 1.54) is 0 Å². The molecule has 3 aromatic rings. The number of pyridine rings is 1. The molecule has 0 unspecified atom stereocenters. The van der Waals surface area contributed by atoms with Gasteiger partial charge in [-0.1, -0.05) is 6.07 Å². The lowest BCUT2D eigenvalue weighted by Gasteiger charge is -2.30. The van der Waals surface area contributed by atoms with E-state index in [-0.39, 0.29) is 12.6 Å². The number of nitrogens with zero attached hydrogens (tertiary/aromatic N) is 2. The molecule has 0 bridgehead atoms. The minimum absolute atomic E-state index is 0.121. The summed E-state index contributed by atoms with van der Waals surface area (Å²) in [4.78, 5) is 19.4. The molecule has 0 spiro atoms. The van der Waals surface area contributed by atoms with E-state index < -0.39 is 0 Å². The number of hydrogen-bond acceptors (Lipinski definition) is 7. The van der Waals surface area contributed by atoms with Gasteiger partial charge in [0, 0.05) is 25.5 Å². The van der Waals surface area contributed by atoms with Crippen molar-refractivity contribution in [3.8, 4) is 23.0 Å². The Morgan fingerprint density at radius 3 is 2.75 bits per heavy atom. The molecule has 3 aliphatic heterocycles. The van der Waals surface area contributed by atoms with Gasteiger partial charge in [-0.3, -0.25) is 14.7 Å². The van der Waals surface area contributed by atoms with E-state index in [0.29, 0.717) is 41.8 Å². The van der Waals surface area contributed by atoms with Gasteiger partial charge in [-0.25, -0.2) is 0 Å². The summed E-state index contributed by atoms with van der Waals surface area (Å²) in [6.45, 7) is 3.94. The fourth-order valence-electron chi connectivity index (χ4n) is 4.28. The Morgan fingerprint density at radius 1 is 1.03 bits per heavy atom. The highest BCUT2D eigenvalue weighted by molar-refractivity contribution is 6.16. The summed E-state index contributed by atoms with van der Waals surface area (Å²) >= 11 is 0. The fraction of sp³-hybridized carbons (Fsp3) is 0.200. The number of fused-ring (bicyclic) bond motifs is 4. The maximum atomic E-state index is 13.2. The third kappa shape index (κ3) is 3.18. The SMILES string of the molecule is Cc1cc2c(c3c1C(=O)/C(=C/c1ccc4c(c1)OCO4)O3)CN(Cc1ccncc1)CO2. The van der Waals surface area contributed by atoms with Crippen molar-refractivity contribution in [2.24, 2.45) is 0 Å². The van der Waals surface area contributed by atoms with Crippen LogP contribution in [0.4, 0.5) is 0 Å². The quantitative estimate of drug-likeness (QED) is 0.582. The predicted molar refractivity (Wildman–Crippen MR) is 116 cm³/mol. The Labute approximate surface area is 184 Å². The number of ether oxygens (including phenoxy) is 4. The van der Waals surface area contributed by atoms with Crippen molar-refractivity contribution in [3.63, 3.8) is 0 Å². The average Bonchev–Trinajstić information content (AvgIpc) is 3.40. The molecule has 0 radical (unpaired) electrons. The van der Waals surface area contributed by atoms with Crippen molar-refractivity contribution in [2.75, 3.05) is 13.5 Å². The number of Topliss-reactive ketones (excluding diaryl/α,β-unsaturated/α-hetero) is 1. The van der Waals surface area contributed by atoms with Crippen LogP contribution in [0.2, 0.25) is 0 Å². The molecule has 0 atom stereocenters. The van der Waals surface area contributed by atoms with Crippen LogP contribution in [0.25, 0.3) is 6.08 Å². The van der Waals surface area contributed by atoms with Crippen LogP contribution in [-0.2, 0) is 13.1 Å². The molecule has 0 saturated carbocycles. The first-order valence-corrected chi connectivity index (χ1v) is 10.4. The maximum absolute atomic E-state index is 13.2. The molecule has 0 saturated heterocycles. The molecule has 4 heterocycles. The number of carbonyl (C=O) groups excluding carboxylic acids is 1. The first kappa shape index (κ1) is 18.9. The lowest BCUT2D eigenvalue weighted by Crippen LogP contribution is -2.31. The largest absolute Gasteiger partial charge is 0.478 e. The van der Waals surface area contributed by atoms with Crippen LogP contribution < -0.4 is 18.9 Å². The number of aryl methyl sites for hydroxylation is 1. The first-order chi connectivity index (χ1) is 15.7. The van der Waals surface area contributed by atoms with Crippen LogP contribution in [0.5, 0.6) is 23.0 Å². The van der Waals surface area contributed by atoms with E-state index in [0.717, 1.165) is 34.5 Å². The Kier molecular flexibility index (Phi) is 4.36.